The van der Waals surface area contributed by atoms with Crippen LogP contribution in [0.25, 0.3) is 0 Å². The van der Waals surface area contributed by atoms with E-state index in [1.165, 1.54) is 0 Å². The van der Waals surface area contributed by atoms with Crippen molar-refractivity contribution < 1.29 is 36.5 Å². The number of carbonyl (C=O) groups excluding carboxylic acids is 2. The van der Waals surface area contributed by atoms with Gasteiger partial charge in [0.1, 0.15) is 0 Å². The molecule has 0 aromatic rings. The molecule has 0 radical (unpaired) electrons. The second kappa shape index (κ2) is 9.29. The van der Waals surface area contributed by atoms with Crippen LogP contribution >= 0.6 is 0 Å². The molecular formula is C11H20CoO5. The Morgan fingerprint density at radius 1 is 1.12 bits per heavy atom. The third-order valence-corrected chi connectivity index (χ3v) is 3.64. The van der Waals surface area contributed by atoms with Crippen molar-refractivity contribution in [2.45, 2.75) is 50.4 Å². The first kappa shape index (κ1) is 16.2. The van der Waals surface area contributed by atoms with Gasteiger partial charge in [-0.05, 0) is 0 Å². The molecule has 103 valence electrons. The van der Waals surface area contributed by atoms with Crippen LogP contribution in [0.5, 0.6) is 0 Å². The Morgan fingerprint density at radius 2 is 1.71 bits per heavy atom. The maximum absolute atomic E-state index is 11.4. The SMILES string of the molecule is CCC(=O)OCC([CH2][Co](=[O])[CH2]C)OC(=O)CC. The van der Waals surface area contributed by atoms with E-state index in [1.807, 2.05) is 0 Å². The standard InChI is InChI=1S/C9H15O4.C2H5.Co.O/c1-4-8(10)12-6-7(3)13-9(11)5-2;1-2;;/h7H,3-6H2,1-2H3;1H2,2H3;;. The van der Waals surface area contributed by atoms with Gasteiger partial charge in [-0.2, -0.15) is 0 Å². The zero-order valence-electron chi connectivity index (χ0n) is 10.5. The summed E-state index contributed by atoms with van der Waals surface area (Å²) in [5.41, 5.74) is 0. The van der Waals surface area contributed by atoms with Gasteiger partial charge in [0.2, 0.25) is 0 Å². The summed E-state index contributed by atoms with van der Waals surface area (Å²) in [4.78, 5) is 22.1. The predicted octanol–water partition coefficient (Wildman–Crippen LogP) is 2.08. The van der Waals surface area contributed by atoms with Gasteiger partial charge in [0.15, 0.2) is 0 Å². The van der Waals surface area contributed by atoms with Crippen molar-refractivity contribution in [1.82, 2.24) is 0 Å². The molecule has 0 aromatic carbocycles. The summed E-state index contributed by atoms with van der Waals surface area (Å²) in [7, 11) is 0. The van der Waals surface area contributed by atoms with Gasteiger partial charge in [-0.3, -0.25) is 0 Å². The summed E-state index contributed by atoms with van der Waals surface area (Å²) in [6, 6.07) is 0. The molecule has 0 heterocycles. The Kier molecular flexibility index (Phi) is 8.88. The van der Waals surface area contributed by atoms with Gasteiger partial charge in [-0.1, -0.05) is 0 Å². The summed E-state index contributed by atoms with van der Waals surface area (Å²) < 4.78 is 21.4. The van der Waals surface area contributed by atoms with Gasteiger partial charge < -0.3 is 0 Å². The van der Waals surface area contributed by atoms with Gasteiger partial charge in [-0.15, -0.1) is 0 Å². The third kappa shape index (κ3) is 8.04. The first-order valence-corrected chi connectivity index (χ1v) is 7.49. The number of esters is 2. The van der Waals surface area contributed by atoms with Crippen molar-refractivity contribution in [3.05, 3.63) is 0 Å². The van der Waals surface area contributed by atoms with Crippen molar-refractivity contribution in [2.75, 3.05) is 6.61 Å². The van der Waals surface area contributed by atoms with Crippen LogP contribution in [0, 0.1) is 0 Å². The number of carbonyl (C=O) groups is 2. The van der Waals surface area contributed by atoms with E-state index in [0.29, 0.717) is 5.36 Å². The Morgan fingerprint density at radius 3 is 2.18 bits per heavy atom. The maximum atomic E-state index is 11.4. The van der Waals surface area contributed by atoms with E-state index in [1.54, 1.807) is 20.8 Å². The minimum atomic E-state index is -1.39. The second-order valence-electron chi connectivity index (χ2n) is 3.23. The van der Waals surface area contributed by atoms with Gasteiger partial charge in [-0.25, -0.2) is 0 Å². The Labute approximate surface area is 106 Å². The van der Waals surface area contributed by atoms with Crippen LogP contribution < -0.4 is 0 Å². The third-order valence-electron chi connectivity index (χ3n) is 1.87. The molecule has 5 nitrogen and oxygen atoms in total. The number of hydrogen-bond acceptors (Lipinski definition) is 5. The van der Waals surface area contributed by atoms with Crippen LogP contribution in [0.4, 0.5) is 0 Å². The summed E-state index contributed by atoms with van der Waals surface area (Å²) in [6.07, 6.45) is -0.0740. The summed E-state index contributed by atoms with van der Waals surface area (Å²) >= 11 is -1.39. The minimum absolute atomic E-state index is 0.0150. The van der Waals surface area contributed by atoms with E-state index >= 15 is 0 Å². The monoisotopic (exact) mass is 291 g/mol. The van der Waals surface area contributed by atoms with Crippen LogP contribution in [0.2, 0.25) is 10.7 Å². The normalized spacial score (nSPS) is 12.8. The molecule has 0 rings (SSSR count). The molecule has 0 N–H and O–H groups in total. The van der Waals surface area contributed by atoms with Crippen molar-refractivity contribution in [2.24, 2.45) is 0 Å². The zero-order valence-corrected chi connectivity index (χ0v) is 11.5. The first-order valence-electron chi connectivity index (χ1n) is 5.59. The predicted molar refractivity (Wildman–Crippen MR) is 57.4 cm³/mol. The van der Waals surface area contributed by atoms with Crippen LogP contribution in [-0.4, -0.2) is 24.6 Å². The van der Waals surface area contributed by atoms with E-state index in [-0.39, 0.29) is 36.7 Å². The van der Waals surface area contributed by atoms with E-state index < -0.39 is 19.7 Å². The average Bonchev–Trinajstić information content (AvgIpc) is 2.34. The average molecular weight is 291 g/mol. The van der Waals surface area contributed by atoms with Crippen molar-refractivity contribution in [3.8, 4) is 0 Å². The van der Waals surface area contributed by atoms with E-state index in [4.69, 9.17) is 9.47 Å². The first-order chi connectivity index (χ1) is 8.03. The molecule has 0 aliphatic rings. The fourth-order valence-electron chi connectivity index (χ4n) is 0.924. The van der Waals surface area contributed by atoms with Gasteiger partial charge in [0.25, 0.3) is 0 Å². The summed E-state index contributed by atoms with van der Waals surface area (Å²) in [5.74, 6) is -0.726. The molecule has 1 unspecified atom stereocenters. The quantitative estimate of drug-likeness (QED) is 0.640. The van der Waals surface area contributed by atoms with Crippen LogP contribution in [-0.2, 0) is 36.5 Å². The molecule has 6 heteroatoms. The molecule has 0 spiro atoms. The Balaban J connectivity index is 4.24. The molecule has 0 aromatic heterocycles. The Bertz CT molecular complexity index is 259. The van der Waals surface area contributed by atoms with Crippen LogP contribution in [0.15, 0.2) is 0 Å². The van der Waals surface area contributed by atoms with Gasteiger partial charge in [0.05, 0.1) is 0 Å². The molecule has 17 heavy (non-hydrogen) atoms. The van der Waals surface area contributed by atoms with E-state index in [9.17, 15) is 13.5 Å². The molecule has 0 saturated heterocycles. The number of hydrogen-bond donors (Lipinski definition) is 0. The number of rotatable bonds is 8. The zero-order chi connectivity index (χ0) is 13.3. The molecule has 0 saturated carbocycles. The fraction of sp³-hybridized carbons (Fsp3) is 0.818. The second-order valence-corrected chi connectivity index (χ2v) is 5.52. The van der Waals surface area contributed by atoms with Crippen molar-refractivity contribution >= 4 is 11.9 Å². The summed E-state index contributed by atoms with van der Waals surface area (Å²) in [5, 5.41) is 0.765. The van der Waals surface area contributed by atoms with Crippen molar-refractivity contribution in [1.29, 1.82) is 0 Å². The van der Waals surface area contributed by atoms with Crippen LogP contribution in [0.1, 0.15) is 33.6 Å². The molecule has 0 fully saturated rings. The molecular weight excluding hydrogens is 271 g/mol. The van der Waals surface area contributed by atoms with Gasteiger partial charge >= 0.3 is 105 Å². The number of ether oxygens (including phenoxy) is 2. The van der Waals surface area contributed by atoms with Crippen LogP contribution in [0.3, 0.4) is 0 Å². The molecule has 0 amide bonds. The topological polar surface area (TPSA) is 69.7 Å². The summed E-state index contributed by atoms with van der Waals surface area (Å²) in [6.45, 7) is 5.15. The van der Waals surface area contributed by atoms with E-state index in [2.05, 4.69) is 0 Å². The van der Waals surface area contributed by atoms with Crippen molar-refractivity contribution in [3.63, 3.8) is 0 Å². The molecule has 0 aliphatic heterocycles. The molecule has 0 aliphatic carbocycles. The molecule has 0 bridgehead atoms. The Hall–Kier alpha value is -0.754. The van der Waals surface area contributed by atoms with Gasteiger partial charge in [0, 0.05) is 0 Å². The van der Waals surface area contributed by atoms with E-state index in [0.717, 1.165) is 0 Å². The molecule has 1 atom stereocenters. The fourth-order valence-corrected chi connectivity index (χ4v) is 1.96.